The molecule has 2 N–H and O–H groups in total. The molecule has 0 radical (unpaired) electrons. The number of hydrogen-bond acceptors (Lipinski definition) is 4. The summed E-state index contributed by atoms with van der Waals surface area (Å²) in [5, 5.41) is 14.7. The van der Waals surface area contributed by atoms with Crippen molar-refractivity contribution in [1.29, 1.82) is 0 Å². The van der Waals surface area contributed by atoms with Crippen LogP contribution in [0.2, 0.25) is 0 Å². The Morgan fingerprint density at radius 3 is 2.61 bits per heavy atom. The van der Waals surface area contributed by atoms with Gasteiger partial charge in [-0.25, -0.2) is 0 Å². The van der Waals surface area contributed by atoms with Crippen LogP contribution >= 0.6 is 0 Å². The fourth-order valence-corrected chi connectivity index (χ4v) is 1.26. The fourth-order valence-electron chi connectivity index (χ4n) is 1.26. The summed E-state index contributed by atoms with van der Waals surface area (Å²) >= 11 is 0. The molecule has 0 aliphatic rings. The summed E-state index contributed by atoms with van der Waals surface area (Å²) in [6.07, 6.45) is -1.47. The molecule has 0 fully saturated rings. The Bertz CT molecular complexity index is 394. The zero-order valence-electron chi connectivity index (χ0n) is 10.0. The van der Waals surface area contributed by atoms with Crippen LogP contribution in [-0.4, -0.2) is 31.2 Å². The molecule has 0 heterocycles. The maximum atomic E-state index is 11.4. The van der Waals surface area contributed by atoms with Gasteiger partial charge in [0, 0.05) is 0 Å². The van der Waals surface area contributed by atoms with Crippen molar-refractivity contribution in [2.45, 2.75) is 13.0 Å². The average Bonchev–Trinajstić information content (AvgIpc) is 2.34. The van der Waals surface area contributed by atoms with E-state index in [1.807, 2.05) is 35.6 Å². The minimum atomic E-state index is -1.47. The summed E-state index contributed by atoms with van der Waals surface area (Å²) < 4.78 is 5.35. The Labute approximate surface area is 105 Å². The number of nitrogens with one attached hydrogen (secondary N) is 2. The lowest BCUT2D eigenvalue weighted by Gasteiger charge is -2.15. The monoisotopic (exact) mass is 251 g/mol. The lowest BCUT2D eigenvalue weighted by atomic mass is 10.3. The van der Waals surface area contributed by atoms with Gasteiger partial charge in [0.25, 0.3) is 0 Å². The third-order valence-electron chi connectivity index (χ3n) is 2.14. The van der Waals surface area contributed by atoms with E-state index < -0.39 is 18.0 Å². The van der Waals surface area contributed by atoms with E-state index in [0.717, 1.165) is 0 Å². The zero-order valence-corrected chi connectivity index (χ0v) is 10.0. The van der Waals surface area contributed by atoms with Gasteiger partial charge in [-0.05, 0) is 19.1 Å². The Morgan fingerprint density at radius 1 is 1.33 bits per heavy atom. The lowest BCUT2D eigenvalue weighted by Crippen LogP contribution is -2.49. The molecule has 0 spiro atoms. The minimum absolute atomic E-state index is 0.298. The summed E-state index contributed by atoms with van der Waals surface area (Å²) in [5.74, 6) is 0.295. The van der Waals surface area contributed by atoms with Gasteiger partial charge in [-0.15, -0.1) is 0 Å². The number of benzene rings is 1. The number of carbonyl (C=O) groups is 2. The molecule has 0 saturated heterocycles. The standard InChI is InChI=1S/C12H16N2O4/c1-9(14-12(16)17)11(15)13-7-8-18-10-5-3-2-4-6-10/h2-6,9,14H,7-8H2,1H3,(H,13,15)(H,16,17)/p-1. The predicted octanol–water partition coefficient (Wildman–Crippen LogP) is -0.497. The topological polar surface area (TPSA) is 90.5 Å². The molecule has 1 unspecified atom stereocenters. The molecule has 98 valence electrons. The highest BCUT2D eigenvalue weighted by Crippen LogP contribution is 2.07. The number of para-hydroxylation sites is 1. The normalized spacial score (nSPS) is 11.4. The Balaban J connectivity index is 2.18. The van der Waals surface area contributed by atoms with Crippen LogP contribution in [0.15, 0.2) is 30.3 Å². The summed E-state index contributed by atoms with van der Waals surface area (Å²) in [7, 11) is 0. The number of carboxylic acid groups (broad SMARTS) is 1. The maximum Gasteiger partial charge on any atom is 0.242 e. The quantitative estimate of drug-likeness (QED) is 0.667. The van der Waals surface area contributed by atoms with Gasteiger partial charge in [-0.1, -0.05) is 18.2 Å². The number of carbonyl (C=O) groups excluding carboxylic acids is 2. The van der Waals surface area contributed by atoms with Gasteiger partial charge >= 0.3 is 0 Å². The molecule has 1 atom stereocenters. The number of amides is 2. The second-order valence-corrected chi connectivity index (χ2v) is 3.61. The molecule has 2 amide bonds. The van der Waals surface area contributed by atoms with Gasteiger partial charge in [0.05, 0.1) is 6.54 Å². The van der Waals surface area contributed by atoms with E-state index in [0.29, 0.717) is 18.9 Å². The first-order valence-electron chi connectivity index (χ1n) is 5.52. The SMILES string of the molecule is CC(NC(=O)[O-])C(=O)NCCOc1ccccc1. The molecule has 1 aromatic rings. The summed E-state index contributed by atoms with van der Waals surface area (Å²) in [6.45, 7) is 2.05. The van der Waals surface area contributed by atoms with Crippen molar-refractivity contribution in [3.63, 3.8) is 0 Å². The molecule has 6 nitrogen and oxygen atoms in total. The molecule has 0 bridgehead atoms. The van der Waals surface area contributed by atoms with Crippen LogP contribution in [0.1, 0.15) is 6.92 Å². The third kappa shape index (κ3) is 5.20. The molecule has 0 aliphatic carbocycles. The van der Waals surface area contributed by atoms with Crippen molar-refractivity contribution < 1.29 is 19.4 Å². The fraction of sp³-hybridized carbons (Fsp3) is 0.333. The van der Waals surface area contributed by atoms with Crippen molar-refractivity contribution in [2.24, 2.45) is 0 Å². The molecule has 0 aromatic heterocycles. The Morgan fingerprint density at radius 2 is 2.00 bits per heavy atom. The minimum Gasteiger partial charge on any atom is -0.530 e. The van der Waals surface area contributed by atoms with Crippen molar-refractivity contribution in [2.75, 3.05) is 13.2 Å². The van der Waals surface area contributed by atoms with Crippen LogP contribution < -0.4 is 20.5 Å². The van der Waals surface area contributed by atoms with Gasteiger partial charge in [0.1, 0.15) is 24.5 Å². The highest BCUT2D eigenvalue weighted by Gasteiger charge is 2.10. The van der Waals surface area contributed by atoms with Crippen LogP contribution in [-0.2, 0) is 4.79 Å². The second-order valence-electron chi connectivity index (χ2n) is 3.61. The van der Waals surface area contributed by atoms with Crippen LogP contribution in [0, 0.1) is 0 Å². The average molecular weight is 251 g/mol. The molecule has 6 heteroatoms. The molecule has 1 aromatic carbocycles. The Kier molecular flexibility index (Phi) is 5.50. The summed E-state index contributed by atoms with van der Waals surface area (Å²) in [6, 6.07) is 8.35. The highest BCUT2D eigenvalue weighted by molar-refractivity contribution is 5.84. The van der Waals surface area contributed by atoms with E-state index in [9.17, 15) is 14.7 Å². The van der Waals surface area contributed by atoms with Crippen molar-refractivity contribution in [3.8, 4) is 5.75 Å². The van der Waals surface area contributed by atoms with E-state index in [1.165, 1.54) is 6.92 Å². The van der Waals surface area contributed by atoms with E-state index >= 15 is 0 Å². The smallest absolute Gasteiger partial charge is 0.242 e. The number of ether oxygens (including phenoxy) is 1. The first kappa shape index (κ1) is 13.8. The first-order chi connectivity index (χ1) is 8.59. The van der Waals surface area contributed by atoms with Crippen molar-refractivity contribution in [1.82, 2.24) is 10.6 Å². The van der Waals surface area contributed by atoms with E-state index in [2.05, 4.69) is 5.32 Å². The molecule has 0 aliphatic heterocycles. The largest absolute Gasteiger partial charge is 0.530 e. The van der Waals surface area contributed by atoms with Gasteiger partial charge in [-0.3, -0.25) is 4.79 Å². The predicted molar refractivity (Wildman–Crippen MR) is 62.9 cm³/mol. The second kappa shape index (κ2) is 7.16. The van der Waals surface area contributed by atoms with Gasteiger partial charge < -0.3 is 25.3 Å². The molecular weight excluding hydrogens is 236 g/mol. The zero-order chi connectivity index (χ0) is 13.4. The third-order valence-corrected chi connectivity index (χ3v) is 2.14. The lowest BCUT2D eigenvalue weighted by molar-refractivity contribution is -0.251. The van der Waals surface area contributed by atoms with E-state index in [4.69, 9.17) is 4.74 Å². The first-order valence-corrected chi connectivity index (χ1v) is 5.52. The van der Waals surface area contributed by atoms with Crippen LogP contribution in [0.4, 0.5) is 4.79 Å². The Hall–Kier alpha value is -2.24. The van der Waals surface area contributed by atoms with Gasteiger partial charge in [0.2, 0.25) is 5.91 Å². The van der Waals surface area contributed by atoms with Crippen LogP contribution in [0.5, 0.6) is 5.75 Å². The van der Waals surface area contributed by atoms with E-state index in [-0.39, 0.29) is 0 Å². The summed E-state index contributed by atoms with van der Waals surface area (Å²) in [4.78, 5) is 21.6. The number of rotatable bonds is 6. The summed E-state index contributed by atoms with van der Waals surface area (Å²) in [5.41, 5.74) is 0. The van der Waals surface area contributed by atoms with Crippen molar-refractivity contribution >= 4 is 12.0 Å². The van der Waals surface area contributed by atoms with Crippen LogP contribution in [0.3, 0.4) is 0 Å². The molecule has 18 heavy (non-hydrogen) atoms. The molecule has 0 saturated carbocycles. The molecular formula is C12H15N2O4-. The number of hydrogen-bond donors (Lipinski definition) is 2. The van der Waals surface area contributed by atoms with Crippen LogP contribution in [0.25, 0.3) is 0 Å². The van der Waals surface area contributed by atoms with E-state index in [1.54, 1.807) is 0 Å². The highest BCUT2D eigenvalue weighted by atomic mass is 16.5. The van der Waals surface area contributed by atoms with Crippen molar-refractivity contribution in [3.05, 3.63) is 30.3 Å². The van der Waals surface area contributed by atoms with Gasteiger partial charge in [-0.2, -0.15) is 0 Å². The van der Waals surface area contributed by atoms with Gasteiger partial charge in [0.15, 0.2) is 0 Å². The maximum absolute atomic E-state index is 11.4. The molecule has 1 rings (SSSR count).